The van der Waals surface area contributed by atoms with Crippen LogP contribution in [0.4, 0.5) is 0 Å². The highest BCUT2D eigenvalue weighted by Crippen LogP contribution is 2.19. The van der Waals surface area contributed by atoms with Crippen molar-refractivity contribution in [3.63, 3.8) is 0 Å². The van der Waals surface area contributed by atoms with Crippen molar-refractivity contribution >= 4 is 0 Å². The second-order valence-electron chi connectivity index (χ2n) is 6.62. The first-order valence-electron chi connectivity index (χ1n) is 9.55. The van der Waals surface area contributed by atoms with Crippen molar-refractivity contribution in [2.75, 3.05) is 19.8 Å². The molecule has 1 heterocycles. The van der Waals surface area contributed by atoms with E-state index in [1.54, 1.807) is 0 Å². The summed E-state index contributed by atoms with van der Waals surface area (Å²) in [4.78, 5) is 0. The van der Waals surface area contributed by atoms with Crippen LogP contribution in [0.25, 0.3) is 0 Å². The Kier molecular flexibility index (Phi) is 12.4. The van der Waals surface area contributed by atoms with Gasteiger partial charge in [-0.15, -0.1) is 0 Å². The van der Waals surface area contributed by atoms with Crippen molar-refractivity contribution in [1.29, 1.82) is 0 Å². The van der Waals surface area contributed by atoms with Crippen molar-refractivity contribution in [1.82, 2.24) is 0 Å². The maximum atomic E-state index is 9.77. The van der Waals surface area contributed by atoms with Gasteiger partial charge in [0.05, 0.1) is 13.2 Å². The Labute approximate surface area is 146 Å². The molecule has 0 saturated carbocycles. The fourth-order valence-electron chi connectivity index (χ4n) is 2.92. The van der Waals surface area contributed by atoms with Crippen LogP contribution in [0.1, 0.15) is 64.7 Å². The summed E-state index contributed by atoms with van der Waals surface area (Å²) >= 11 is 0. The Morgan fingerprint density at radius 2 is 1.71 bits per heavy atom. The predicted octanol–water partition coefficient (Wildman–Crippen LogP) is 2.57. The van der Waals surface area contributed by atoms with Crippen LogP contribution in [0.3, 0.4) is 0 Å². The number of aliphatic hydroxyl groups is 3. The Morgan fingerprint density at radius 1 is 1.04 bits per heavy atom. The maximum absolute atomic E-state index is 9.77. The number of hydrogen-bond acceptors (Lipinski definition) is 5. The minimum atomic E-state index is -0.987. The molecule has 4 atom stereocenters. The Balaban J connectivity index is 1.99. The standard InChI is InChI=1S/C19H36O5/c1-2-3-4-5-6-7-8-9-10-11-12-13-23-17(14-20)19-18(22)16(21)15-24-19/h9-10,16-22H,2-8,11-15H2,1H3/b10-9+/t16-,17+,18-,19-/m1/s1. The highest BCUT2D eigenvalue weighted by Gasteiger charge is 2.40. The first-order chi connectivity index (χ1) is 11.7. The van der Waals surface area contributed by atoms with E-state index in [9.17, 15) is 15.3 Å². The number of aliphatic hydroxyl groups excluding tert-OH is 3. The van der Waals surface area contributed by atoms with E-state index in [-0.39, 0.29) is 13.2 Å². The van der Waals surface area contributed by atoms with E-state index in [0.29, 0.717) is 6.61 Å². The number of ether oxygens (including phenoxy) is 2. The second-order valence-corrected chi connectivity index (χ2v) is 6.62. The molecule has 3 N–H and O–H groups in total. The molecule has 1 rings (SSSR count). The van der Waals surface area contributed by atoms with Gasteiger partial charge < -0.3 is 24.8 Å². The van der Waals surface area contributed by atoms with Crippen LogP contribution in [0.5, 0.6) is 0 Å². The molecule has 0 aromatic heterocycles. The molecule has 0 aliphatic carbocycles. The summed E-state index contributed by atoms with van der Waals surface area (Å²) < 4.78 is 10.9. The van der Waals surface area contributed by atoms with E-state index in [1.165, 1.54) is 38.5 Å². The van der Waals surface area contributed by atoms with E-state index in [0.717, 1.165) is 19.3 Å². The van der Waals surface area contributed by atoms with Crippen LogP contribution in [0, 0.1) is 0 Å². The van der Waals surface area contributed by atoms with Gasteiger partial charge >= 0.3 is 0 Å². The van der Waals surface area contributed by atoms with Crippen molar-refractivity contribution in [2.24, 2.45) is 0 Å². The van der Waals surface area contributed by atoms with Crippen LogP contribution < -0.4 is 0 Å². The first kappa shape index (κ1) is 21.6. The highest BCUT2D eigenvalue weighted by atomic mass is 16.6. The molecule has 0 unspecified atom stereocenters. The lowest BCUT2D eigenvalue weighted by atomic mass is 10.1. The lowest BCUT2D eigenvalue weighted by Gasteiger charge is -2.24. The second kappa shape index (κ2) is 13.8. The van der Waals surface area contributed by atoms with Gasteiger partial charge in [-0.3, -0.25) is 0 Å². The molecule has 0 amide bonds. The minimum Gasteiger partial charge on any atom is -0.394 e. The molecule has 0 spiro atoms. The van der Waals surface area contributed by atoms with Gasteiger partial charge in [0, 0.05) is 6.61 Å². The third-order valence-electron chi connectivity index (χ3n) is 4.47. The largest absolute Gasteiger partial charge is 0.394 e. The molecule has 0 bridgehead atoms. The quantitative estimate of drug-likeness (QED) is 0.333. The summed E-state index contributed by atoms with van der Waals surface area (Å²) in [6, 6.07) is 0. The van der Waals surface area contributed by atoms with E-state index in [1.807, 2.05) is 0 Å². The molecule has 5 nitrogen and oxygen atoms in total. The lowest BCUT2D eigenvalue weighted by molar-refractivity contribution is -0.101. The van der Waals surface area contributed by atoms with E-state index < -0.39 is 24.4 Å². The van der Waals surface area contributed by atoms with E-state index in [2.05, 4.69) is 19.1 Å². The summed E-state index contributed by atoms with van der Waals surface area (Å²) in [5.74, 6) is 0. The fourth-order valence-corrected chi connectivity index (χ4v) is 2.92. The Morgan fingerprint density at radius 3 is 2.33 bits per heavy atom. The lowest BCUT2D eigenvalue weighted by Crippen LogP contribution is -2.42. The van der Waals surface area contributed by atoms with Crippen molar-refractivity contribution in [3.8, 4) is 0 Å². The molecular formula is C19H36O5. The number of hydrogen-bond donors (Lipinski definition) is 3. The summed E-state index contributed by atoms with van der Waals surface area (Å²) in [6.07, 6.45) is 12.2. The van der Waals surface area contributed by atoms with Crippen LogP contribution in [0.2, 0.25) is 0 Å². The normalized spacial score (nSPS) is 25.6. The Bertz CT molecular complexity index is 321. The third kappa shape index (κ3) is 8.58. The molecule has 142 valence electrons. The van der Waals surface area contributed by atoms with Gasteiger partial charge in [-0.05, 0) is 25.7 Å². The maximum Gasteiger partial charge on any atom is 0.114 e. The molecule has 1 fully saturated rings. The van der Waals surface area contributed by atoms with Gasteiger partial charge in [-0.1, -0.05) is 51.2 Å². The summed E-state index contributed by atoms with van der Waals surface area (Å²) in [7, 11) is 0. The smallest absolute Gasteiger partial charge is 0.114 e. The van der Waals surface area contributed by atoms with Crippen molar-refractivity contribution in [2.45, 2.75) is 89.1 Å². The van der Waals surface area contributed by atoms with Crippen LogP contribution >= 0.6 is 0 Å². The van der Waals surface area contributed by atoms with E-state index >= 15 is 0 Å². The molecule has 1 aliphatic rings. The molecule has 0 radical (unpaired) electrons. The molecule has 5 heteroatoms. The summed E-state index contributed by atoms with van der Waals surface area (Å²) in [5, 5.41) is 28.6. The average molecular weight is 344 g/mol. The monoisotopic (exact) mass is 344 g/mol. The van der Waals surface area contributed by atoms with Crippen molar-refractivity contribution < 1.29 is 24.8 Å². The van der Waals surface area contributed by atoms with Gasteiger partial charge in [0.15, 0.2) is 0 Å². The molecule has 0 aromatic rings. The molecule has 0 aromatic carbocycles. The van der Waals surface area contributed by atoms with E-state index in [4.69, 9.17) is 9.47 Å². The predicted molar refractivity (Wildman–Crippen MR) is 94.9 cm³/mol. The third-order valence-corrected chi connectivity index (χ3v) is 4.47. The van der Waals surface area contributed by atoms with Gasteiger partial charge in [-0.2, -0.15) is 0 Å². The SMILES string of the molecule is CCCCCCCC/C=C/CCCO[C@@H](CO)[C@H]1OC[C@@H](O)[C@H]1O. The zero-order valence-corrected chi connectivity index (χ0v) is 15.1. The zero-order valence-electron chi connectivity index (χ0n) is 15.1. The van der Waals surface area contributed by atoms with Gasteiger partial charge in [0.1, 0.15) is 24.4 Å². The number of allylic oxidation sites excluding steroid dienone is 2. The molecular weight excluding hydrogens is 308 g/mol. The average Bonchev–Trinajstić information content (AvgIpc) is 2.92. The van der Waals surface area contributed by atoms with Gasteiger partial charge in [0.25, 0.3) is 0 Å². The van der Waals surface area contributed by atoms with Crippen LogP contribution in [-0.4, -0.2) is 59.6 Å². The summed E-state index contributed by atoms with van der Waals surface area (Å²) in [6.45, 7) is 2.62. The summed E-state index contributed by atoms with van der Waals surface area (Å²) in [5.41, 5.74) is 0. The highest BCUT2D eigenvalue weighted by molar-refractivity contribution is 4.88. The molecule has 1 saturated heterocycles. The van der Waals surface area contributed by atoms with Crippen LogP contribution in [0.15, 0.2) is 12.2 Å². The number of rotatable bonds is 14. The Hall–Kier alpha value is -0.460. The topological polar surface area (TPSA) is 79.2 Å². The number of unbranched alkanes of at least 4 members (excludes halogenated alkanes) is 7. The van der Waals surface area contributed by atoms with Crippen LogP contribution in [-0.2, 0) is 9.47 Å². The first-order valence-corrected chi connectivity index (χ1v) is 9.55. The van der Waals surface area contributed by atoms with Gasteiger partial charge in [0.2, 0.25) is 0 Å². The van der Waals surface area contributed by atoms with Crippen molar-refractivity contribution in [3.05, 3.63) is 12.2 Å². The molecule has 24 heavy (non-hydrogen) atoms. The zero-order chi connectivity index (χ0) is 17.6. The van der Waals surface area contributed by atoms with Gasteiger partial charge in [-0.25, -0.2) is 0 Å². The molecule has 1 aliphatic heterocycles. The fraction of sp³-hybridized carbons (Fsp3) is 0.895. The minimum absolute atomic E-state index is 0.0902.